The zero-order chi connectivity index (χ0) is 22.6. The van der Waals surface area contributed by atoms with Gasteiger partial charge in [-0.3, -0.25) is 19.4 Å². The van der Waals surface area contributed by atoms with Gasteiger partial charge in [0.05, 0.1) is 12.6 Å². The van der Waals surface area contributed by atoms with E-state index < -0.39 is 41.8 Å². The summed E-state index contributed by atoms with van der Waals surface area (Å²) in [4.78, 5) is 51.2. The summed E-state index contributed by atoms with van der Waals surface area (Å²) in [6, 6.07) is -3.03. The molecule has 0 saturated carbocycles. The number of carbonyl (C=O) groups excluding carboxylic acids is 3. The topological polar surface area (TPSA) is 215 Å². The smallest absolute Gasteiger partial charge is 0.327 e. The van der Waals surface area contributed by atoms with Gasteiger partial charge in [-0.15, -0.1) is 0 Å². The van der Waals surface area contributed by atoms with E-state index in [4.69, 9.17) is 22.3 Å². The molecule has 0 rings (SSSR count). The third kappa shape index (κ3) is 11.1. The molecule has 166 valence electrons. The average molecular weight is 434 g/mol. The number of carboxylic acid groups (broad SMARTS) is 1. The largest absolute Gasteiger partial charge is 0.480 e. The summed E-state index contributed by atoms with van der Waals surface area (Å²) in [6.07, 6.45) is 0.492. The Hall–Kier alpha value is -2.54. The fourth-order valence-electron chi connectivity index (χ4n) is 2.06. The molecule has 12 nitrogen and oxygen atoms in total. The predicted octanol–water partition coefficient (Wildman–Crippen LogP) is -2.88. The molecule has 0 aromatic rings. The zero-order valence-electron chi connectivity index (χ0n) is 16.6. The number of hydrogen-bond acceptors (Lipinski definition) is 7. The van der Waals surface area contributed by atoms with Crippen molar-refractivity contribution in [3.8, 4) is 0 Å². The van der Waals surface area contributed by atoms with Crippen LogP contribution in [0.15, 0.2) is 4.99 Å². The van der Waals surface area contributed by atoms with Crippen molar-refractivity contribution in [1.29, 1.82) is 0 Å². The Morgan fingerprint density at radius 2 is 1.69 bits per heavy atom. The Balaban J connectivity index is 4.92. The molecule has 0 bridgehead atoms. The molecule has 29 heavy (non-hydrogen) atoms. The highest BCUT2D eigenvalue weighted by molar-refractivity contribution is 7.80. The Morgan fingerprint density at radius 3 is 2.17 bits per heavy atom. The lowest BCUT2D eigenvalue weighted by Gasteiger charge is -2.21. The third-order valence-corrected chi connectivity index (χ3v) is 4.20. The minimum atomic E-state index is -1.26. The number of guanidine groups is 1. The molecule has 0 heterocycles. The van der Waals surface area contributed by atoms with Gasteiger partial charge in [0.25, 0.3) is 0 Å². The molecule has 3 unspecified atom stereocenters. The molecule has 0 aliphatic rings. The molecular weight excluding hydrogens is 402 g/mol. The van der Waals surface area contributed by atoms with Crippen LogP contribution in [0.3, 0.4) is 0 Å². The van der Waals surface area contributed by atoms with E-state index in [1.165, 1.54) is 0 Å². The lowest BCUT2D eigenvalue weighted by molar-refractivity contribution is -0.141. The van der Waals surface area contributed by atoms with Crippen LogP contribution in [0.25, 0.3) is 0 Å². The molecule has 0 aliphatic carbocycles. The normalized spacial score (nSPS) is 13.7. The van der Waals surface area contributed by atoms with Gasteiger partial charge in [-0.25, -0.2) is 4.79 Å². The minimum Gasteiger partial charge on any atom is -0.480 e. The lowest BCUT2D eigenvalue weighted by Crippen LogP contribution is -2.54. The summed E-state index contributed by atoms with van der Waals surface area (Å²) < 4.78 is 0. The molecule has 0 fully saturated rings. The highest BCUT2D eigenvalue weighted by atomic mass is 32.1. The van der Waals surface area contributed by atoms with Crippen LogP contribution in [-0.2, 0) is 19.2 Å². The SMILES string of the molecule is CC(C)C(N)C(=O)NCC(=O)NC(CCCN=C(N)N)C(=O)NC(CS)C(=O)O. The van der Waals surface area contributed by atoms with Crippen molar-refractivity contribution in [1.82, 2.24) is 16.0 Å². The van der Waals surface area contributed by atoms with Gasteiger partial charge in [0.15, 0.2) is 5.96 Å². The summed E-state index contributed by atoms with van der Waals surface area (Å²) in [6.45, 7) is 3.37. The van der Waals surface area contributed by atoms with E-state index in [0.29, 0.717) is 6.42 Å². The molecule has 0 spiro atoms. The summed E-state index contributed by atoms with van der Waals surface area (Å²) >= 11 is 3.88. The van der Waals surface area contributed by atoms with E-state index in [1.54, 1.807) is 13.8 Å². The van der Waals surface area contributed by atoms with Crippen molar-refractivity contribution >= 4 is 42.3 Å². The van der Waals surface area contributed by atoms with Crippen LogP contribution in [0.5, 0.6) is 0 Å². The van der Waals surface area contributed by atoms with Gasteiger partial charge >= 0.3 is 5.97 Å². The van der Waals surface area contributed by atoms with Crippen molar-refractivity contribution in [3.05, 3.63) is 0 Å². The Kier molecular flexibility index (Phi) is 12.4. The second-order valence-corrected chi connectivity index (χ2v) is 7.00. The van der Waals surface area contributed by atoms with Gasteiger partial charge in [0.2, 0.25) is 17.7 Å². The number of nitrogens with zero attached hydrogens (tertiary/aromatic N) is 1. The fraction of sp³-hybridized carbons (Fsp3) is 0.688. The van der Waals surface area contributed by atoms with Crippen molar-refractivity contribution < 1.29 is 24.3 Å². The molecule has 0 aromatic carbocycles. The van der Waals surface area contributed by atoms with E-state index >= 15 is 0 Å². The van der Waals surface area contributed by atoms with Crippen molar-refractivity contribution in [3.63, 3.8) is 0 Å². The van der Waals surface area contributed by atoms with Crippen LogP contribution in [0.1, 0.15) is 26.7 Å². The van der Waals surface area contributed by atoms with Crippen LogP contribution in [0.2, 0.25) is 0 Å². The molecule has 10 N–H and O–H groups in total. The van der Waals surface area contributed by atoms with Crippen LogP contribution < -0.4 is 33.2 Å². The maximum atomic E-state index is 12.4. The highest BCUT2D eigenvalue weighted by Crippen LogP contribution is 2.01. The van der Waals surface area contributed by atoms with Crippen LogP contribution in [0.4, 0.5) is 0 Å². The van der Waals surface area contributed by atoms with E-state index in [2.05, 4.69) is 33.6 Å². The first-order valence-electron chi connectivity index (χ1n) is 9.01. The quantitative estimate of drug-likeness (QED) is 0.0651. The average Bonchev–Trinajstić information content (AvgIpc) is 2.64. The molecule has 3 atom stereocenters. The molecule has 0 radical (unpaired) electrons. The second kappa shape index (κ2) is 13.6. The number of aliphatic carboxylic acids is 1. The first-order chi connectivity index (χ1) is 13.5. The van der Waals surface area contributed by atoms with Crippen molar-refractivity contribution in [2.75, 3.05) is 18.8 Å². The maximum Gasteiger partial charge on any atom is 0.327 e. The molecular formula is C16H31N7O5S. The van der Waals surface area contributed by atoms with Gasteiger partial charge in [-0.2, -0.15) is 12.6 Å². The van der Waals surface area contributed by atoms with Gasteiger partial charge in [0.1, 0.15) is 12.1 Å². The molecule has 0 saturated heterocycles. The van der Waals surface area contributed by atoms with Crippen molar-refractivity contribution in [2.45, 2.75) is 44.8 Å². The maximum absolute atomic E-state index is 12.4. The van der Waals surface area contributed by atoms with Crippen LogP contribution in [-0.4, -0.2) is 71.7 Å². The van der Waals surface area contributed by atoms with Gasteiger partial charge in [-0.05, 0) is 18.8 Å². The number of nitrogens with one attached hydrogen (secondary N) is 3. The summed E-state index contributed by atoms with van der Waals surface area (Å²) in [7, 11) is 0. The van der Waals surface area contributed by atoms with E-state index in [-0.39, 0.29) is 37.1 Å². The first kappa shape index (κ1) is 26.5. The zero-order valence-corrected chi connectivity index (χ0v) is 17.4. The second-order valence-electron chi connectivity index (χ2n) is 6.64. The minimum absolute atomic E-state index is 0.110. The van der Waals surface area contributed by atoms with Gasteiger partial charge in [-0.1, -0.05) is 13.8 Å². The molecule has 3 amide bonds. The van der Waals surface area contributed by atoms with E-state index in [1.807, 2.05) is 0 Å². The number of hydrogen-bond donors (Lipinski definition) is 8. The van der Waals surface area contributed by atoms with Crippen LogP contribution >= 0.6 is 12.6 Å². The fourth-order valence-corrected chi connectivity index (χ4v) is 2.31. The number of amides is 3. The van der Waals surface area contributed by atoms with Crippen molar-refractivity contribution in [2.24, 2.45) is 28.1 Å². The summed E-state index contributed by atoms with van der Waals surface area (Å²) in [5.74, 6) is -3.43. The third-order valence-electron chi connectivity index (χ3n) is 3.84. The Morgan fingerprint density at radius 1 is 1.07 bits per heavy atom. The Labute approximate surface area is 174 Å². The lowest BCUT2D eigenvalue weighted by atomic mass is 10.1. The number of nitrogens with two attached hydrogens (primary N) is 3. The van der Waals surface area contributed by atoms with Gasteiger partial charge < -0.3 is 38.3 Å². The summed E-state index contributed by atoms with van der Waals surface area (Å²) in [5, 5.41) is 16.2. The van der Waals surface area contributed by atoms with Crippen LogP contribution in [0, 0.1) is 5.92 Å². The molecule has 0 aliphatic heterocycles. The predicted molar refractivity (Wildman–Crippen MR) is 111 cm³/mol. The number of carbonyl (C=O) groups is 4. The van der Waals surface area contributed by atoms with E-state index in [9.17, 15) is 19.2 Å². The number of aliphatic imine (C=N–C) groups is 1. The molecule has 0 aromatic heterocycles. The highest BCUT2D eigenvalue weighted by Gasteiger charge is 2.26. The first-order valence-corrected chi connectivity index (χ1v) is 9.64. The monoisotopic (exact) mass is 433 g/mol. The number of thiol groups is 1. The molecule has 13 heteroatoms. The van der Waals surface area contributed by atoms with E-state index in [0.717, 1.165) is 0 Å². The standard InChI is InChI=1S/C16H31N7O5S/c1-8(2)12(17)14(26)21-6-11(24)22-9(4-3-5-20-16(18)19)13(25)23-10(7-29)15(27)28/h8-10,12,29H,3-7,17H2,1-2H3,(H,21,26)(H,22,24)(H,23,25)(H,27,28)(H4,18,19,20). The van der Waals surface area contributed by atoms with Gasteiger partial charge in [0, 0.05) is 12.3 Å². The Bertz CT molecular complexity index is 610. The summed E-state index contributed by atoms with van der Waals surface area (Å²) in [5.41, 5.74) is 16.2. The number of rotatable bonds is 13. The number of carboxylic acids is 1.